The molecule has 1 saturated heterocycles. The van der Waals surface area contributed by atoms with Crippen LogP contribution in [0.4, 0.5) is 0 Å². The van der Waals surface area contributed by atoms with Crippen LogP contribution in [-0.4, -0.2) is 78.4 Å². The molecule has 1 aliphatic rings. The van der Waals surface area contributed by atoms with Gasteiger partial charge < -0.3 is 30.0 Å². The number of methoxy groups -OCH3 is 1. The van der Waals surface area contributed by atoms with E-state index >= 15 is 0 Å². The Morgan fingerprint density at radius 3 is 2.38 bits per heavy atom. The maximum atomic E-state index is 12.7. The molecule has 3 N–H and O–H groups in total. The SMILES string of the molecule is COC(=O)CCC(=O)SCCNC(=O)CCNC(=O)[C@@H]1OC(C)(CCCC(=O)O)OCC1(C)C. The van der Waals surface area contributed by atoms with Crippen LogP contribution in [0.1, 0.15) is 59.3 Å². The zero-order chi connectivity index (χ0) is 25.8. The van der Waals surface area contributed by atoms with Crippen molar-refractivity contribution in [2.24, 2.45) is 5.41 Å². The Labute approximate surface area is 204 Å². The van der Waals surface area contributed by atoms with E-state index in [0.29, 0.717) is 18.6 Å². The molecule has 34 heavy (non-hydrogen) atoms. The number of rotatable bonds is 14. The van der Waals surface area contributed by atoms with Crippen LogP contribution >= 0.6 is 11.8 Å². The van der Waals surface area contributed by atoms with Gasteiger partial charge in [-0.3, -0.25) is 24.0 Å². The van der Waals surface area contributed by atoms with E-state index in [0.717, 1.165) is 11.8 Å². The summed E-state index contributed by atoms with van der Waals surface area (Å²) in [6, 6.07) is 0. The molecule has 0 saturated carbocycles. The lowest BCUT2D eigenvalue weighted by atomic mass is 9.85. The van der Waals surface area contributed by atoms with E-state index in [-0.39, 0.29) is 62.3 Å². The van der Waals surface area contributed by atoms with Gasteiger partial charge in [-0.05, 0) is 13.3 Å². The van der Waals surface area contributed by atoms with Gasteiger partial charge in [-0.25, -0.2) is 0 Å². The number of thioether (sulfide) groups is 1. The molecule has 1 rings (SSSR count). The number of carbonyl (C=O) groups excluding carboxylic acids is 4. The molecule has 1 heterocycles. The lowest BCUT2D eigenvalue weighted by Gasteiger charge is -2.46. The molecular formula is C22H36N2O9S. The van der Waals surface area contributed by atoms with Crippen molar-refractivity contribution in [2.45, 2.75) is 71.2 Å². The van der Waals surface area contributed by atoms with Gasteiger partial charge in [0.2, 0.25) is 11.8 Å². The first-order valence-corrected chi connectivity index (χ1v) is 12.2. The minimum absolute atomic E-state index is 0.0160. The summed E-state index contributed by atoms with van der Waals surface area (Å²) >= 11 is 1.03. The Bertz CT molecular complexity index is 744. The number of carboxylic acids is 1. The molecule has 0 spiro atoms. The molecule has 0 aliphatic carbocycles. The number of carboxylic acid groups (broad SMARTS) is 1. The van der Waals surface area contributed by atoms with Crippen molar-refractivity contribution >= 4 is 40.6 Å². The summed E-state index contributed by atoms with van der Waals surface area (Å²) in [6.45, 7) is 6.03. The van der Waals surface area contributed by atoms with Gasteiger partial charge in [-0.15, -0.1) is 0 Å². The quantitative estimate of drug-likeness (QED) is 0.232. The number of esters is 1. The van der Waals surface area contributed by atoms with Gasteiger partial charge in [0.25, 0.3) is 0 Å². The van der Waals surface area contributed by atoms with E-state index in [9.17, 15) is 24.0 Å². The first kappa shape index (κ1) is 29.9. The molecule has 12 heteroatoms. The average molecular weight is 505 g/mol. The maximum Gasteiger partial charge on any atom is 0.305 e. The number of aliphatic carboxylic acids is 1. The average Bonchev–Trinajstić information content (AvgIpc) is 2.76. The number of nitrogens with one attached hydrogen (secondary N) is 2. The van der Waals surface area contributed by atoms with Gasteiger partial charge in [-0.2, -0.15) is 0 Å². The maximum absolute atomic E-state index is 12.7. The molecule has 2 atom stereocenters. The van der Waals surface area contributed by atoms with Crippen LogP contribution in [0.25, 0.3) is 0 Å². The highest BCUT2D eigenvalue weighted by Crippen LogP contribution is 2.37. The number of carbonyl (C=O) groups is 5. The minimum atomic E-state index is -1.06. The summed E-state index contributed by atoms with van der Waals surface area (Å²) in [7, 11) is 1.26. The molecule has 11 nitrogen and oxygen atoms in total. The largest absolute Gasteiger partial charge is 0.481 e. The highest BCUT2D eigenvalue weighted by Gasteiger charge is 2.47. The summed E-state index contributed by atoms with van der Waals surface area (Å²) in [5, 5.41) is 14.1. The summed E-state index contributed by atoms with van der Waals surface area (Å²) in [5.41, 5.74) is -0.601. The zero-order valence-corrected chi connectivity index (χ0v) is 21.1. The van der Waals surface area contributed by atoms with E-state index in [1.54, 1.807) is 6.92 Å². The van der Waals surface area contributed by atoms with E-state index in [4.69, 9.17) is 14.6 Å². The number of hydrogen-bond donors (Lipinski definition) is 3. The van der Waals surface area contributed by atoms with Crippen molar-refractivity contribution in [3.8, 4) is 0 Å². The molecule has 1 unspecified atom stereocenters. The van der Waals surface area contributed by atoms with Crippen molar-refractivity contribution in [3.63, 3.8) is 0 Å². The van der Waals surface area contributed by atoms with Gasteiger partial charge in [0, 0.05) is 49.9 Å². The van der Waals surface area contributed by atoms with Crippen LogP contribution in [0.2, 0.25) is 0 Å². The summed E-state index contributed by atoms with van der Waals surface area (Å²) in [4.78, 5) is 58.1. The third-order valence-electron chi connectivity index (χ3n) is 5.19. The van der Waals surface area contributed by atoms with Gasteiger partial charge in [0.15, 0.2) is 10.9 Å². The normalized spacial score (nSPS) is 21.4. The predicted molar refractivity (Wildman–Crippen MR) is 124 cm³/mol. The van der Waals surface area contributed by atoms with Gasteiger partial charge in [-0.1, -0.05) is 25.6 Å². The minimum Gasteiger partial charge on any atom is -0.481 e. The standard InChI is InChI=1S/C22H36N2O9S/c1-21(2)14-32-22(3,10-5-6-16(26)27)33-19(21)20(30)24-11-9-15(25)23-12-13-34-18(29)8-7-17(28)31-4/h19H,5-14H2,1-4H3,(H,23,25)(H,24,30)(H,26,27)/t19-,22?/m0/s1. The highest BCUT2D eigenvalue weighted by atomic mass is 32.2. The van der Waals surface area contributed by atoms with Crippen LogP contribution in [0.3, 0.4) is 0 Å². The molecule has 1 aliphatic heterocycles. The van der Waals surface area contributed by atoms with Crippen LogP contribution in [0, 0.1) is 5.41 Å². The van der Waals surface area contributed by atoms with Crippen LogP contribution in [0.5, 0.6) is 0 Å². The predicted octanol–water partition coefficient (Wildman–Crippen LogP) is 1.23. The molecular weight excluding hydrogens is 468 g/mol. The Balaban J connectivity index is 2.34. The fourth-order valence-electron chi connectivity index (χ4n) is 3.17. The van der Waals surface area contributed by atoms with Crippen molar-refractivity contribution in [3.05, 3.63) is 0 Å². The lowest BCUT2D eigenvalue weighted by molar-refractivity contribution is -0.315. The Morgan fingerprint density at radius 1 is 1.03 bits per heavy atom. The van der Waals surface area contributed by atoms with E-state index in [1.165, 1.54) is 7.11 Å². The molecule has 2 amide bonds. The monoisotopic (exact) mass is 504 g/mol. The first-order valence-electron chi connectivity index (χ1n) is 11.2. The van der Waals surface area contributed by atoms with Gasteiger partial charge in [0.1, 0.15) is 6.10 Å². The molecule has 0 radical (unpaired) electrons. The molecule has 0 aromatic rings. The van der Waals surface area contributed by atoms with Crippen molar-refractivity contribution < 1.29 is 43.3 Å². The topological polar surface area (TPSA) is 157 Å². The molecule has 1 fully saturated rings. The lowest BCUT2D eigenvalue weighted by Crippen LogP contribution is -2.57. The van der Waals surface area contributed by atoms with Gasteiger partial charge in [0.05, 0.1) is 20.1 Å². The zero-order valence-electron chi connectivity index (χ0n) is 20.3. The highest BCUT2D eigenvalue weighted by molar-refractivity contribution is 8.13. The van der Waals surface area contributed by atoms with Gasteiger partial charge >= 0.3 is 11.9 Å². The second-order valence-electron chi connectivity index (χ2n) is 8.84. The second-order valence-corrected chi connectivity index (χ2v) is 10.00. The number of ether oxygens (including phenoxy) is 3. The van der Waals surface area contributed by atoms with E-state index in [2.05, 4.69) is 15.4 Å². The fraction of sp³-hybridized carbons (Fsp3) is 0.773. The summed E-state index contributed by atoms with van der Waals surface area (Å²) in [6.07, 6.45) is 0.0426. The fourth-order valence-corrected chi connectivity index (χ4v) is 3.85. The van der Waals surface area contributed by atoms with Crippen molar-refractivity contribution in [1.82, 2.24) is 10.6 Å². The molecule has 0 bridgehead atoms. The Hall–Kier alpha value is -2.18. The number of hydrogen-bond acceptors (Lipinski definition) is 9. The third kappa shape index (κ3) is 11.3. The first-order chi connectivity index (χ1) is 15.9. The van der Waals surface area contributed by atoms with Crippen molar-refractivity contribution in [2.75, 3.05) is 32.6 Å². The third-order valence-corrected chi connectivity index (χ3v) is 6.12. The number of amides is 2. The molecule has 0 aromatic carbocycles. The van der Waals surface area contributed by atoms with Crippen LogP contribution in [-0.2, 0) is 38.2 Å². The Kier molecular flexibility index (Phi) is 12.5. The molecule has 194 valence electrons. The van der Waals surface area contributed by atoms with Crippen LogP contribution in [0.15, 0.2) is 0 Å². The summed E-state index contributed by atoms with van der Waals surface area (Å²) in [5.74, 6) is -2.66. The van der Waals surface area contributed by atoms with Crippen molar-refractivity contribution in [1.29, 1.82) is 0 Å². The second kappa shape index (κ2) is 14.3. The van der Waals surface area contributed by atoms with Crippen LogP contribution < -0.4 is 10.6 Å². The summed E-state index contributed by atoms with van der Waals surface area (Å²) < 4.78 is 16.2. The molecule has 0 aromatic heterocycles. The Morgan fingerprint density at radius 2 is 1.74 bits per heavy atom. The van der Waals surface area contributed by atoms with E-state index in [1.807, 2.05) is 13.8 Å². The van der Waals surface area contributed by atoms with E-state index < -0.39 is 29.2 Å². The smallest absolute Gasteiger partial charge is 0.305 e.